The highest BCUT2D eigenvalue weighted by atomic mass is 32.2. The predicted molar refractivity (Wildman–Crippen MR) is 105 cm³/mol. The maximum atomic E-state index is 12.9. The molecule has 0 aliphatic carbocycles. The van der Waals surface area contributed by atoms with Crippen LogP contribution in [-0.4, -0.2) is 42.6 Å². The summed E-state index contributed by atoms with van der Waals surface area (Å²) in [5.41, 5.74) is 1.16. The number of piperidine rings is 1. The number of carbonyl (C=O) groups is 2. The minimum Gasteiger partial charge on any atom is -0.326 e. The van der Waals surface area contributed by atoms with E-state index in [0.717, 1.165) is 0 Å². The number of rotatable bonds is 5. The lowest BCUT2D eigenvalue weighted by Crippen LogP contribution is -2.43. The Balaban J connectivity index is 1.70. The fourth-order valence-corrected chi connectivity index (χ4v) is 4.64. The highest BCUT2D eigenvalue weighted by molar-refractivity contribution is 7.89. The van der Waals surface area contributed by atoms with Gasteiger partial charge in [0.1, 0.15) is 0 Å². The second kappa shape index (κ2) is 8.49. The Kier molecular flexibility index (Phi) is 6.05. The third-order valence-corrected chi connectivity index (χ3v) is 6.39. The van der Waals surface area contributed by atoms with E-state index in [2.05, 4.69) is 15.6 Å². The molecule has 28 heavy (non-hydrogen) atoms. The predicted octanol–water partition coefficient (Wildman–Crippen LogP) is 2.08. The molecule has 1 aromatic carbocycles. The third-order valence-electron chi connectivity index (χ3n) is 4.52. The minimum atomic E-state index is -3.72. The first-order chi connectivity index (χ1) is 13.4. The molecule has 1 saturated heterocycles. The van der Waals surface area contributed by atoms with E-state index in [9.17, 15) is 18.0 Å². The molecule has 0 spiro atoms. The molecule has 3 rings (SSSR count). The van der Waals surface area contributed by atoms with Crippen molar-refractivity contribution >= 4 is 33.2 Å². The number of amides is 2. The van der Waals surface area contributed by atoms with Gasteiger partial charge in [0.2, 0.25) is 21.8 Å². The van der Waals surface area contributed by atoms with Crippen LogP contribution in [0.5, 0.6) is 0 Å². The van der Waals surface area contributed by atoms with Crippen LogP contribution in [0.3, 0.4) is 0 Å². The molecule has 1 fully saturated rings. The molecule has 1 atom stereocenters. The molecule has 0 unspecified atom stereocenters. The zero-order valence-corrected chi connectivity index (χ0v) is 16.3. The SMILES string of the molecule is CC(=O)Nc1ccc(S(=O)(=O)N2CCC[C@H](C(=O)Nc3ccncc3)C2)cc1. The molecule has 1 aliphatic rings. The molecule has 0 bridgehead atoms. The molecule has 9 heteroatoms. The molecule has 2 N–H and O–H groups in total. The fourth-order valence-electron chi connectivity index (χ4n) is 3.12. The molecule has 2 amide bonds. The average molecular weight is 402 g/mol. The van der Waals surface area contributed by atoms with E-state index in [1.165, 1.54) is 23.4 Å². The summed E-state index contributed by atoms with van der Waals surface area (Å²) in [4.78, 5) is 27.7. The Labute approximate surface area is 164 Å². The van der Waals surface area contributed by atoms with Gasteiger partial charge in [0.25, 0.3) is 0 Å². The Morgan fingerprint density at radius 1 is 1.04 bits per heavy atom. The molecule has 2 aromatic rings. The first-order valence-corrected chi connectivity index (χ1v) is 10.4. The summed E-state index contributed by atoms with van der Waals surface area (Å²) in [5.74, 6) is -0.850. The monoisotopic (exact) mass is 402 g/mol. The Hall–Kier alpha value is -2.78. The van der Waals surface area contributed by atoms with Gasteiger partial charge in [-0.2, -0.15) is 4.31 Å². The molecular weight excluding hydrogens is 380 g/mol. The zero-order valence-electron chi connectivity index (χ0n) is 15.5. The summed E-state index contributed by atoms with van der Waals surface area (Å²) in [6, 6.07) is 9.39. The van der Waals surface area contributed by atoms with Gasteiger partial charge in [-0.05, 0) is 49.2 Å². The standard InChI is InChI=1S/C19H22N4O4S/c1-14(24)21-16-4-6-18(7-5-16)28(26,27)23-12-2-3-15(13-23)19(25)22-17-8-10-20-11-9-17/h4-11,15H,2-3,12-13H2,1H3,(H,21,24)(H,20,22,25)/t15-/m0/s1. The number of carbonyl (C=O) groups excluding carboxylic acids is 2. The van der Waals surface area contributed by atoms with Crippen LogP contribution >= 0.6 is 0 Å². The fraction of sp³-hybridized carbons (Fsp3) is 0.316. The molecule has 0 radical (unpaired) electrons. The van der Waals surface area contributed by atoms with Crippen LogP contribution in [0.15, 0.2) is 53.7 Å². The van der Waals surface area contributed by atoms with Crippen molar-refractivity contribution in [1.82, 2.24) is 9.29 Å². The lowest BCUT2D eigenvalue weighted by Gasteiger charge is -2.31. The average Bonchev–Trinajstić information content (AvgIpc) is 2.69. The Bertz CT molecular complexity index is 946. The number of benzene rings is 1. The van der Waals surface area contributed by atoms with Crippen molar-refractivity contribution in [3.05, 3.63) is 48.8 Å². The van der Waals surface area contributed by atoms with E-state index in [1.54, 1.807) is 36.7 Å². The normalized spacial score (nSPS) is 17.7. The Morgan fingerprint density at radius 2 is 1.68 bits per heavy atom. The van der Waals surface area contributed by atoms with Crippen molar-refractivity contribution in [3.8, 4) is 0 Å². The minimum absolute atomic E-state index is 0.132. The van der Waals surface area contributed by atoms with Crippen LogP contribution in [0, 0.1) is 5.92 Å². The zero-order chi connectivity index (χ0) is 20.1. The summed E-state index contributed by atoms with van der Waals surface area (Å²) in [7, 11) is -3.72. The number of sulfonamides is 1. The lowest BCUT2D eigenvalue weighted by molar-refractivity contribution is -0.121. The van der Waals surface area contributed by atoms with Gasteiger partial charge in [0.15, 0.2) is 0 Å². The van der Waals surface area contributed by atoms with Crippen LogP contribution in [0.1, 0.15) is 19.8 Å². The van der Waals surface area contributed by atoms with E-state index in [4.69, 9.17) is 0 Å². The van der Waals surface area contributed by atoms with Crippen LogP contribution in [0.25, 0.3) is 0 Å². The van der Waals surface area contributed by atoms with Crippen LogP contribution in [0.4, 0.5) is 11.4 Å². The summed E-state index contributed by atoms with van der Waals surface area (Å²) in [6.07, 6.45) is 4.40. The van der Waals surface area contributed by atoms with Gasteiger partial charge in [-0.3, -0.25) is 14.6 Å². The molecule has 148 valence electrons. The van der Waals surface area contributed by atoms with Crippen molar-refractivity contribution in [2.45, 2.75) is 24.7 Å². The summed E-state index contributed by atoms with van der Waals surface area (Å²) in [5, 5.41) is 5.41. The lowest BCUT2D eigenvalue weighted by atomic mass is 9.99. The number of hydrogen-bond acceptors (Lipinski definition) is 5. The topological polar surface area (TPSA) is 108 Å². The van der Waals surface area contributed by atoms with Gasteiger partial charge < -0.3 is 10.6 Å². The molecular formula is C19H22N4O4S. The maximum absolute atomic E-state index is 12.9. The van der Waals surface area contributed by atoms with E-state index in [-0.39, 0.29) is 23.3 Å². The van der Waals surface area contributed by atoms with Crippen LogP contribution in [-0.2, 0) is 19.6 Å². The molecule has 1 aromatic heterocycles. The van der Waals surface area contributed by atoms with Gasteiger partial charge >= 0.3 is 0 Å². The smallest absolute Gasteiger partial charge is 0.243 e. The van der Waals surface area contributed by atoms with Gasteiger partial charge in [-0.25, -0.2) is 8.42 Å². The van der Waals surface area contributed by atoms with E-state index in [1.807, 2.05) is 0 Å². The van der Waals surface area contributed by atoms with Gasteiger partial charge in [-0.15, -0.1) is 0 Å². The van der Waals surface area contributed by atoms with Crippen LogP contribution in [0.2, 0.25) is 0 Å². The molecule has 8 nitrogen and oxygen atoms in total. The largest absolute Gasteiger partial charge is 0.326 e. The van der Waals surface area contributed by atoms with Gasteiger partial charge in [0, 0.05) is 43.8 Å². The summed E-state index contributed by atoms with van der Waals surface area (Å²) >= 11 is 0. The summed E-state index contributed by atoms with van der Waals surface area (Å²) < 4.78 is 27.2. The highest BCUT2D eigenvalue weighted by Gasteiger charge is 2.33. The number of nitrogens with one attached hydrogen (secondary N) is 2. The molecule has 0 saturated carbocycles. The van der Waals surface area contributed by atoms with Crippen molar-refractivity contribution in [1.29, 1.82) is 0 Å². The van der Waals surface area contributed by atoms with Gasteiger partial charge in [0.05, 0.1) is 10.8 Å². The second-order valence-corrected chi connectivity index (χ2v) is 8.57. The third kappa shape index (κ3) is 4.73. The number of aromatic nitrogens is 1. The molecule has 1 aliphatic heterocycles. The Morgan fingerprint density at radius 3 is 2.32 bits per heavy atom. The van der Waals surface area contributed by atoms with Crippen molar-refractivity contribution in [3.63, 3.8) is 0 Å². The number of anilines is 2. The van der Waals surface area contributed by atoms with Crippen molar-refractivity contribution in [2.24, 2.45) is 5.92 Å². The first kappa shape index (κ1) is 20.0. The van der Waals surface area contributed by atoms with Crippen molar-refractivity contribution in [2.75, 3.05) is 23.7 Å². The highest BCUT2D eigenvalue weighted by Crippen LogP contribution is 2.25. The second-order valence-electron chi connectivity index (χ2n) is 6.63. The number of pyridine rings is 1. The quantitative estimate of drug-likeness (QED) is 0.796. The van der Waals surface area contributed by atoms with E-state index >= 15 is 0 Å². The first-order valence-electron chi connectivity index (χ1n) is 8.95. The molecule has 2 heterocycles. The van der Waals surface area contributed by atoms with Gasteiger partial charge in [-0.1, -0.05) is 0 Å². The number of nitrogens with zero attached hydrogens (tertiary/aromatic N) is 2. The van der Waals surface area contributed by atoms with E-state index < -0.39 is 15.9 Å². The number of hydrogen-bond donors (Lipinski definition) is 2. The van der Waals surface area contributed by atoms with E-state index in [0.29, 0.717) is 30.8 Å². The van der Waals surface area contributed by atoms with Crippen molar-refractivity contribution < 1.29 is 18.0 Å². The van der Waals surface area contributed by atoms with Crippen LogP contribution < -0.4 is 10.6 Å². The summed E-state index contributed by atoms with van der Waals surface area (Å²) in [6.45, 7) is 1.89. The maximum Gasteiger partial charge on any atom is 0.243 e.